The fraction of sp³-hybridized carbons (Fsp3) is 0.278. The molecule has 3 heterocycles. The Kier molecular flexibility index (Phi) is 5.88. The van der Waals surface area contributed by atoms with Crippen LogP contribution in [0.2, 0.25) is 0 Å². The largest absolute Gasteiger partial charge is 0.444 e. The average molecular weight is 399 g/mol. The molecular formula is C18H21N7O4. The second kappa shape index (κ2) is 8.52. The zero-order chi connectivity index (χ0) is 21.0. The minimum atomic E-state index is -0.749. The summed E-state index contributed by atoms with van der Waals surface area (Å²) in [5.74, 6) is -0.433. The van der Waals surface area contributed by atoms with Crippen molar-refractivity contribution in [2.75, 3.05) is 24.3 Å². The monoisotopic (exact) mass is 399 g/mol. The number of primary amides is 1. The van der Waals surface area contributed by atoms with Crippen LogP contribution in [0.3, 0.4) is 0 Å². The fourth-order valence-electron chi connectivity index (χ4n) is 2.45. The van der Waals surface area contributed by atoms with Gasteiger partial charge >= 0.3 is 0 Å². The van der Waals surface area contributed by atoms with Crippen LogP contribution >= 0.6 is 0 Å². The summed E-state index contributed by atoms with van der Waals surface area (Å²) in [5.41, 5.74) is 6.10. The van der Waals surface area contributed by atoms with Crippen molar-refractivity contribution in [2.45, 2.75) is 13.0 Å². The van der Waals surface area contributed by atoms with Gasteiger partial charge in [-0.25, -0.2) is 9.97 Å². The van der Waals surface area contributed by atoms with Gasteiger partial charge in [0.25, 0.3) is 11.8 Å². The Balaban J connectivity index is 1.74. The minimum absolute atomic E-state index is 0.0234. The molecule has 11 heteroatoms. The van der Waals surface area contributed by atoms with Crippen LogP contribution in [0.4, 0.5) is 11.5 Å². The number of methoxy groups -OCH3 is 1. The van der Waals surface area contributed by atoms with E-state index in [0.29, 0.717) is 17.9 Å². The third-order valence-corrected chi connectivity index (χ3v) is 4.03. The molecule has 3 aromatic heterocycles. The Morgan fingerprint density at radius 1 is 1.41 bits per heavy atom. The summed E-state index contributed by atoms with van der Waals surface area (Å²) >= 11 is 0. The summed E-state index contributed by atoms with van der Waals surface area (Å²) in [5, 5.41) is 9.63. The van der Waals surface area contributed by atoms with E-state index < -0.39 is 11.8 Å². The number of nitrogens with zero attached hydrogens (tertiary/aromatic N) is 4. The molecule has 0 radical (unpaired) electrons. The smallest absolute Gasteiger partial charge is 0.277 e. The molecule has 4 N–H and O–H groups in total. The van der Waals surface area contributed by atoms with Crippen LogP contribution < -0.4 is 16.4 Å². The molecule has 0 aliphatic rings. The van der Waals surface area contributed by atoms with Gasteiger partial charge in [0.2, 0.25) is 5.89 Å². The number of anilines is 2. The number of aromatic nitrogens is 4. The first-order chi connectivity index (χ1) is 13.9. The lowest BCUT2D eigenvalue weighted by Gasteiger charge is -2.11. The van der Waals surface area contributed by atoms with Crippen molar-refractivity contribution in [1.29, 1.82) is 0 Å². The molecule has 0 aromatic carbocycles. The van der Waals surface area contributed by atoms with E-state index in [1.165, 1.54) is 17.1 Å². The summed E-state index contributed by atoms with van der Waals surface area (Å²) in [6.45, 7) is 2.52. The number of carbonyl (C=O) groups excluding carboxylic acids is 2. The van der Waals surface area contributed by atoms with E-state index in [0.717, 1.165) is 0 Å². The topological polar surface area (TPSA) is 150 Å². The zero-order valence-corrected chi connectivity index (χ0v) is 16.2. The number of carbonyl (C=O) groups is 2. The highest BCUT2D eigenvalue weighted by molar-refractivity contribution is 6.07. The molecule has 0 fully saturated rings. The van der Waals surface area contributed by atoms with E-state index in [1.807, 2.05) is 6.92 Å². The van der Waals surface area contributed by atoms with E-state index >= 15 is 0 Å². The van der Waals surface area contributed by atoms with Crippen LogP contribution in [-0.2, 0) is 11.8 Å². The summed E-state index contributed by atoms with van der Waals surface area (Å²) in [4.78, 5) is 32.3. The molecular weight excluding hydrogens is 378 g/mol. The maximum absolute atomic E-state index is 12.5. The van der Waals surface area contributed by atoms with Gasteiger partial charge in [-0.3, -0.25) is 14.3 Å². The highest BCUT2D eigenvalue weighted by atomic mass is 16.5. The molecule has 29 heavy (non-hydrogen) atoms. The summed E-state index contributed by atoms with van der Waals surface area (Å²) in [6.07, 6.45) is 4.33. The quantitative estimate of drug-likeness (QED) is 0.512. The molecule has 0 bridgehead atoms. The lowest BCUT2D eigenvalue weighted by Crippen LogP contribution is -2.18. The zero-order valence-electron chi connectivity index (χ0n) is 16.2. The number of nitrogens with one attached hydrogen (secondary N) is 2. The first-order valence-electron chi connectivity index (χ1n) is 8.70. The maximum Gasteiger partial charge on any atom is 0.277 e. The first kappa shape index (κ1) is 20.0. The van der Waals surface area contributed by atoms with E-state index in [4.69, 9.17) is 14.9 Å². The van der Waals surface area contributed by atoms with Crippen LogP contribution in [0.25, 0.3) is 11.5 Å². The molecule has 0 aliphatic carbocycles. The van der Waals surface area contributed by atoms with E-state index in [1.54, 1.807) is 32.5 Å². The standard InChI is InChI=1S/C18H21N7O4/c1-10(28-3)7-21-14-6-11(4-5-20-14)18-23-13(9-29-18)17(27)22-12-8-25(2)24-15(12)16(19)26/h4-6,8-10H,7H2,1-3H3,(H2,19,26)(H,20,21)(H,22,27)/t10-/m0/s1. The van der Waals surface area contributed by atoms with Gasteiger partial charge < -0.3 is 25.5 Å². The highest BCUT2D eigenvalue weighted by Gasteiger charge is 2.19. The highest BCUT2D eigenvalue weighted by Crippen LogP contribution is 2.21. The molecule has 0 unspecified atom stereocenters. The molecule has 3 rings (SSSR count). The average Bonchev–Trinajstić information content (AvgIpc) is 3.33. The van der Waals surface area contributed by atoms with Crippen LogP contribution in [0.15, 0.2) is 35.2 Å². The first-order valence-corrected chi connectivity index (χ1v) is 8.70. The molecule has 11 nitrogen and oxygen atoms in total. The van der Waals surface area contributed by atoms with Crippen molar-refractivity contribution in [2.24, 2.45) is 12.8 Å². The van der Waals surface area contributed by atoms with Gasteiger partial charge in [-0.15, -0.1) is 0 Å². The molecule has 3 aromatic rings. The lowest BCUT2D eigenvalue weighted by molar-refractivity contribution is 0.0995. The molecule has 0 saturated heterocycles. The number of oxazole rings is 1. The van der Waals surface area contributed by atoms with Crippen molar-refractivity contribution >= 4 is 23.3 Å². The van der Waals surface area contributed by atoms with Crippen LogP contribution in [-0.4, -0.2) is 51.3 Å². The number of pyridine rings is 1. The Morgan fingerprint density at radius 2 is 2.21 bits per heavy atom. The summed E-state index contributed by atoms with van der Waals surface area (Å²) in [6, 6.07) is 3.47. The van der Waals surface area contributed by atoms with E-state index in [9.17, 15) is 9.59 Å². The van der Waals surface area contributed by atoms with Gasteiger partial charge in [-0.1, -0.05) is 0 Å². The Hall–Kier alpha value is -3.73. The third kappa shape index (κ3) is 4.76. The second-order valence-corrected chi connectivity index (χ2v) is 6.28. The van der Waals surface area contributed by atoms with Crippen LogP contribution in [0.5, 0.6) is 0 Å². The normalized spacial score (nSPS) is 11.8. The van der Waals surface area contributed by atoms with Gasteiger partial charge in [0.05, 0.1) is 11.8 Å². The van der Waals surface area contributed by atoms with Crippen molar-refractivity contribution < 1.29 is 18.7 Å². The number of nitrogens with two attached hydrogens (primary N) is 1. The number of hydrogen-bond donors (Lipinski definition) is 3. The predicted molar refractivity (Wildman–Crippen MR) is 104 cm³/mol. The van der Waals surface area contributed by atoms with E-state index in [-0.39, 0.29) is 29.1 Å². The summed E-state index contributed by atoms with van der Waals surface area (Å²) in [7, 11) is 3.24. The van der Waals surface area contributed by atoms with Gasteiger partial charge in [0.1, 0.15) is 12.1 Å². The van der Waals surface area contributed by atoms with Crippen LogP contribution in [0.1, 0.15) is 27.9 Å². The SMILES string of the molecule is CO[C@@H](C)CNc1cc(-c2nc(C(=O)Nc3cn(C)nc3C(N)=O)co2)ccn1. The van der Waals surface area contributed by atoms with Crippen molar-refractivity contribution in [1.82, 2.24) is 19.7 Å². The van der Waals surface area contributed by atoms with Gasteiger partial charge in [0, 0.05) is 38.7 Å². The number of rotatable bonds is 8. The molecule has 152 valence electrons. The maximum atomic E-state index is 12.5. The van der Waals surface area contributed by atoms with E-state index in [2.05, 4.69) is 25.7 Å². The fourth-order valence-corrected chi connectivity index (χ4v) is 2.45. The Labute approximate surface area is 166 Å². The van der Waals surface area contributed by atoms with Gasteiger partial charge in [0.15, 0.2) is 11.4 Å². The summed E-state index contributed by atoms with van der Waals surface area (Å²) < 4.78 is 12.0. The predicted octanol–water partition coefficient (Wildman–Crippen LogP) is 1.27. The van der Waals surface area contributed by atoms with Gasteiger partial charge in [-0.2, -0.15) is 5.10 Å². The number of amides is 2. The Bertz CT molecular complexity index is 1030. The number of aryl methyl sites for hydroxylation is 1. The molecule has 0 aliphatic heterocycles. The lowest BCUT2D eigenvalue weighted by atomic mass is 10.2. The number of ether oxygens (including phenoxy) is 1. The second-order valence-electron chi connectivity index (χ2n) is 6.28. The molecule has 2 amide bonds. The number of hydrogen-bond acceptors (Lipinski definition) is 8. The minimum Gasteiger partial charge on any atom is -0.444 e. The Morgan fingerprint density at radius 3 is 2.93 bits per heavy atom. The molecule has 0 saturated carbocycles. The molecule has 0 spiro atoms. The van der Waals surface area contributed by atoms with Crippen LogP contribution in [0, 0.1) is 0 Å². The van der Waals surface area contributed by atoms with Crippen molar-refractivity contribution in [3.05, 3.63) is 42.2 Å². The van der Waals surface area contributed by atoms with Gasteiger partial charge in [-0.05, 0) is 19.1 Å². The third-order valence-electron chi connectivity index (χ3n) is 4.03. The van der Waals surface area contributed by atoms with Crippen molar-refractivity contribution in [3.63, 3.8) is 0 Å². The van der Waals surface area contributed by atoms with Crippen molar-refractivity contribution in [3.8, 4) is 11.5 Å². The molecule has 1 atom stereocenters.